The molecule has 0 saturated heterocycles. The van der Waals surface area contributed by atoms with E-state index in [1.807, 2.05) is 43.6 Å². The van der Waals surface area contributed by atoms with Crippen molar-refractivity contribution in [2.75, 3.05) is 0 Å². The van der Waals surface area contributed by atoms with Crippen molar-refractivity contribution < 1.29 is 17.6 Å². The highest BCUT2D eigenvalue weighted by Crippen LogP contribution is 2.25. The van der Waals surface area contributed by atoms with Crippen LogP contribution in [0.4, 0.5) is 17.6 Å². The van der Waals surface area contributed by atoms with Gasteiger partial charge in [0.1, 0.15) is 11.6 Å². The second-order valence-corrected chi connectivity index (χ2v) is 8.58. The molecule has 0 amide bonds. The Balaban J connectivity index is 1.40. The van der Waals surface area contributed by atoms with Crippen molar-refractivity contribution in [1.29, 1.82) is 0 Å². The van der Waals surface area contributed by atoms with E-state index in [1.54, 1.807) is 12.1 Å². The molecule has 0 spiro atoms. The third-order valence-electron chi connectivity index (χ3n) is 6.06. The van der Waals surface area contributed by atoms with Crippen molar-refractivity contribution in [3.63, 3.8) is 0 Å². The number of allylic oxidation sites excluding steroid dienone is 2. The van der Waals surface area contributed by atoms with Crippen LogP contribution in [-0.4, -0.2) is 9.97 Å². The molecule has 1 heterocycles. The Hall–Kier alpha value is -3.54. The number of fused-ring (bicyclic) bond motifs is 1. The highest BCUT2D eigenvalue weighted by Gasteiger charge is 2.13. The van der Waals surface area contributed by atoms with Gasteiger partial charge < -0.3 is 0 Å². The lowest BCUT2D eigenvalue weighted by atomic mass is 9.98. The normalized spacial score (nSPS) is 11.6. The summed E-state index contributed by atoms with van der Waals surface area (Å²) < 4.78 is 55.1. The van der Waals surface area contributed by atoms with Crippen molar-refractivity contribution in [2.45, 2.75) is 45.4 Å². The van der Waals surface area contributed by atoms with Gasteiger partial charge in [0.2, 0.25) is 0 Å². The molecular weight excluding hydrogens is 452 g/mol. The molecule has 6 heteroatoms. The maximum absolute atomic E-state index is 15.1. The van der Waals surface area contributed by atoms with Crippen LogP contribution in [0.1, 0.15) is 41.4 Å². The number of halogens is 4. The number of nitrogens with zero attached hydrogens (tertiary/aromatic N) is 2. The molecule has 4 aromatic rings. The molecule has 0 atom stereocenters. The number of hydrogen-bond donors (Lipinski definition) is 0. The average molecular weight is 479 g/mol. The van der Waals surface area contributed by atoms with Crippen LogP contribution in [0.5, 0.6) is 0 Å². The first-order valence-corrected chi connectivity index (χ1v) is 11.7. The number of hydrogen-bond acceptors (Lipinski definition) is 2. The van der Waals surface area contributed by atoms with E-state index in [-0.39, 0.29) is 24.2 Å². The molecule has 0 aliphatic heterocycles. The van der Waals surface area contributed by atoms with E-state index in [2.05, 4.69) is 16.0 Å². The molecule has 0 saturated carbocycles. The van der Waals surface area contributed by atoms with Crippen LogP contribution in [0.3, 0.4) is 0 Å². The second kappa shape index (κ2) is 11.3. The summed E-state index contributed by atoms with van der Waals surface area (Å²) in [6.45, 7) is 2.00. The quantitative estimate of drug-likeness (QED) is 0.144. The maximum Gasteiger partial charge on any atom is 0.194 e. The molecule has 35 heavy (non-hydrogen) atoms. The molecule has 2 nitrogen and oxygen atoms in total. The monoisotopic (exact) mass is 478 g/mol. The molecule has 180 valence electrons. The van der Waals surface area contributed by atoms with Crippen molar-refractivity contribution in [1.82, 2.24) is 9.97 Å². The first-order valence-electron chi connectivity index (χ1n) is 11.7. The molecule has 4 rings (SSSR count). The molecule has 3 aromatic carbocycles. The third-order valence-corrected chi connectivity index (χ3v) is 6.06. The Kier molecular flexibility index (Phi) is 7.91. The van der Waals surface area contributed by atoms with Crippen molar-refractivity contribution >= 4 is 10.8 Å². The highest BCUT2D eigenvalue weighted by atomic mass is 19.2. The predicted octanol–water partition coefficient (Wildman–Crippen LogP) is 7.27. The fraction of sp³-hybridized carbons (Fsp3) is 0.241. The van der Waals surface area contributed by atoms with E-state index >= 15 is 4.39 Å². The molecule has 0 radical (unpaired) electrons. The fourth-order valence-corrected chi connectivity index (χ4v) is 4.08. The fourth-order valence-electron chi connectivity index (χ4n) is 4.08. The van der Waals surface area contributed by atoms with Gasteiger partial charge in [0.05, 0.1) is 0 Å². The van der Waals surface area contributed by atoms with Gasteiger partial charge in [0, 0.05) is 24.2 Å². The summed E-state index contributed by atoms with van der Waals surface area (Å²) in [4.78, 5) is 8.92. The second-order valence-electron chi connectivity index (χ2n) is 8.58. The first kappa shape index (κ1) is 24.6. The summed E-state index contributed by atoms with van der Waals surface area (Å²) in [6.07, 6.45) is 11.6. The van der Waals surface area contributed by atoms with Gasteiger partial charge >= 0.3 is 0 Å². The van der Waals surface area contributed by atoms with E-state index in [0.717, 1.165) is 53.7 Å². The van der Waals surface area contributed by atoms with Crippen molar-refractivity contribution in [2.24, 2.45) is 0 Å². The van der Waals surface area contributed by atoms with Crippen molar-refractivity contribution in [3.05, 3.63) is 118 Å². The summed E-state index contributed by atoms with van der Waals surface area (Å²) in [5.74, 6) is -3.55. The predicted molar refractivity (Wildman–Crippen MR) is 130 cm³/mol. The minimum Gasteiger partial charge on any atom is -0.241 e. The number of rotatable bonds is 9. The Bertz CT molecular complexity index is 1320. The van der Waals surface area contributed by atoms with Crippen LogP contribution < -0.4 is 0 Å². The highest BCUT2D eigenvalue weighted by molar-refractivity contribution is 5.84. The Morgan fingerprint density at radius 2 is 1.40 bits per heavy atom. The SMILES string of the molecule is C/C=C/CCc1cnc(CCc2ccc3c(F)c(CCc4cc(F)c(F)c(F)c4)ccc3c2)nc1. The smallest absolute Gasteiger partial charge is 0.194 e. The first-order chi connectivity index (χ1) is 16.9. The summed E-state index contributed by atoms with van der Waals surface area (Å²) in [6, 6.07) is 11.0. The minimum absolute atomic E-state index is 0.197. The topological polar surface area (TPSA) is 25.8 Å². The molecule has 0 unspecified atom stereocenters. The summed E-state index contributed by atoms with van der Waals surface area (Å²) >= 11 is 0. The molecule has 0 aliphatic carbocycles. The molecule has 0 N–H and O–H groups in total. The summed E-state index contributed by atoms with van der Waals surface area (Å²) in [7, 11) is 0. The van der Waals surface area contributed by atoms with Crippen LogP contribution in [-0.2, 0) is 32.1 Å². The Labute approximate surface area is 202 Å². The van der Waals surface area contributed by atoms with Gasteiger partial charge in [-0.25, -0.2) is 27.5 Å². The van der Waals surface area contributed by atoms with Gasteiger partial charge in [0.15, 0.2) is 17.5 Å². The molecule has 0 aliphatic rings. The van der Waals surface area contributed by atoms with Crippen LogP contribution in [0.2, 0.25) is 0 Å². The van der Waals surface area contributed by atoms with E-state index < -0.39 is 17.5 Å². The maximum atomic E-state index is 15.1. The van der Waals surface area contributed by atoms with Gasteiger partial charge in [-0.15, -0.1) is 0 Å². The minimum atomic E-state index is -1.50. The Morgan fingerprint density at radius 1 is 0.686 bits per heavy atom. The average Bonchev–Trinajstić information content (AvgIpc) is 2.86. The van der Waals surface area contributed by atoms with Crippen LogP contribution in [0.15, 0.2) is 67.0 Å². The van der Waals surface area contributed by atoms with Crippen molar-refractivity contribution in [3.8, 4) is 0 Å². The number of aryl methyl sites for hydroxylation is 5. The van der Waals surface area contributed by atoms with Gasteiger partial charge in [-0.1, -0.05) is 42.5 Å². The van der Waals surface area contributed by atoms with E-state index in [9.17, 15) is 13.2 Å². The van der Waals surface area contributed by atoms with Crippen LogP contribution in [0.25, 0.3) is 10.8 Å². The zero-order chi connectivity index (χ0) is 24.8. The molecule has 0 fully saturated rings. The van der Waals surface area contributed by atoms with Gasteiger partial charge in [-0.05, 0) is 78.8 Å². The largest absolute Gasteiger partial charge is 0.241 e. The molecule has 0 bridgehead atoms. The van der Waals surface area contributed by atoms with Crippen LogP contribution >= 0.6 is 0 Å². The number of aromatic nitrogens is 2. The third kappa shape index (κ3) is 6.13. The molecular formula is C29H26F4N2. The van der Waals surface area contributed by atoms with Gasteiger partial charge in [-0.3, -0.25) is 0 Å². The van der Waals surface area contributed by atoms with Gasteiger partial charge in [0.25, 0.3) is 0 Å². The van der Waals surface area contributed by atoms with Crippen LogP contribution in [0, 0.1) is 23.3 Å². The molecule has 1 aromatic heterocycles. The standard InChI is InChI=1S/C29H26F4N2/c1-2-3-4-5-21-17-34-27(35-18-21)13-8-19-7-12-24-23(14-19)11-10-22(28(24)32)9-6-20-15-25(30)29(33)26(31)16-20/h2-3,7,10-12,14-18H,4-6,8-9,13H2,1H3/b3-2+. The lowest BCUT2D eigenvalue weighted by molar-refractivity contribution is 0.445. The zero-order valence-corrected chi connectivity index (χ0v) is 19.5. The summed E-state index contributed by atoms with van der Waals surface area (Å²) in [5.41, 5.74) is 2.89. The lowest BCUT2D eigenvalue weighted by Gasteiger charge is -2.09. The lowest BCUT2D eigenvalue weighted by Crippen LogP contribution is -2.00. The van der Waals surface area contributed by atoms with Gasteiger partial charge in [-0.2, -0.15) is 0 Å². The van der Waals surface area contributed by atoms with E-state index in [4.69, 9.17) is 0 Å². The van der Waals surface area contributed by atoms with E-state index in [1.165, 1.54) is 0 Å². The number of benzene rings is 3. The van der Waals surface area contributed by atoms with E-state index in [0.29, 0.717) is 17.4 Å². The Morgan fingerprint density at radius 3 is 2.11 bits per heavy atom. The zero-order valence-electron chi connectivity index (χ0n) is 19.5. The summed E-state index contributed by atoms with van der Waals surface area (Å²) in [5, 5.41) is 1.27.